The predicted molar refractivity (Wildman–Crippen MR) is 74.1 cm³/mol. The Morgan fingerprint density at radius 2 is 2.00 bits per heavy atom. The van der Waals surface area contributed by atoms with Crippen molar-refractivity contribution >= 4 is 22.2 Å². The molecule has 8 heteroatoms. The first-order valence-corrected chi connectivity index (χ1v) is 6.39. The van der Waals surface area contributed by atoms with Gasteiger partial charge in [-0.3, -0.25) is 10.1 Å². The summed E-state index contributed by atoms with van der Waals surface area (Å²) < 4.78 is 5.63. The Morgan fingerprint density at radius 3 is 2.70 bits per heavy atom. The van der Waals surface area contributed by atoms with Crippen molar-refractivity contribution in [3.63, 3.8) is 0 Å². The maximum absolute atomic E-state index is 10.8. The number of non-ortho nitro benzene ring substituents is 1. The van der Waals surface area contributed by atoms with Gasteiger partial charge in [0.2, 0.25) is 5.13 Å². The topological polar surface area (TPSA) is 108 Å². The number of benzene rings is 1. The molecule has 20 heavy (non-hydrogen) atoms. The standard InChI is InChI=1S/C12H8N4O3S/c13-12-15-14-11(20-12)10-5-4-9(19-10)7-2-1-3-8(6-7)16(17)18/h1-6H,(H2,13,15). The molecule has 2 N–H and O–H groups in total. The largest absolute Gasteiger partial charge is 0.453 e. The molecule has 2 aromatic heterocycles. The Balaban J connectivity index is 1.98. The summed E-state index contributed by atoms with van der Waals surface area (Å²) in [7, 11) is 0. The van der Waals surface area contributed by atoms with E-state index in [9.17, 15) is 10.1 Å². The summed E-state index contributed by atoms with van der Waals surface area (Å²) in [5, 5.41) is 19.3. The number of nitro groups is 1. The smallest absolute Gasteiger partial charge is 0.270 e. The lowest BCUT2D eigenvalue weighted by atomic mass is 10.1. The lowest BCUT2D eigenvalue weighted by Crippen LogP contribution is -1.87. The van der Waals surface area contributed by atoms with E-state index >= 15 is 0 Å². The zero-order valence-corrected chi connectivity index (χ0v) is 10.8. The number of nitrogen functional groups attached to an aromatic ring is 1. The summed E-state index contributed by atoms with van der Waals surface area (Å²) in [6, 6.07) is 9.69. The number of nitro benzene ring substituents is 1. The third-order valence-corrected chi connectivity index (χ3v) is 3.37. The summed E-state index contributed by atoms with van der Waals surface area (Å²) in [4.78, 5) is 10.3. The van der Waals surface area contributed by atoms with Gasteiger partial charge in [0.1, 0.15) is 5.76 Å². The number of nitrogens with two attached hydrogens (primary N) is 1. The Hall–Kier alpha value is -2.74. The molecule has 1 aromatic carbocycles. The molecule has 3 rings (SSSR count). The van der Waals surface area contributed by atoms with Crippen LogP contribution >= 0.6 is 11.3 Å². The van der Waals surface area contributed by atoms with E-state index in [2.05, 4.69) is 10.2 Å². The molecule has 0 fully saturated rings. The molecule has 0 atom stereocenters. The van der Waals surface area contributed by atoms with Crippen LogP contribution in [0.1, 0.15) is 0 Å². The van der Waals surface area contributed by atoms with Gasteiger partial charge in [0.25, 0.3) is 5.69 Å². The first-order valence-electron chi connectivity index (χ1n) is 5.57. The van der Waals surface area contributed by atoms with Gasteiger partial charge in [-0.25, -0.2) is 0 Å². The second-order valence-corrected chi connectivity index (χ2v) is 4.93. The second-order valence-electron chi connectivity index (χ2n) is 3.92. The zero-order chi connectivity index (χ0) is 14.1. The van der Waals surface area contributed by atoms with E-state index in [0.29, 0.717) is 27.2 Å². The maximum Gasteiger partial charge on any atom is 0.270 e. The number of hydrogen-bond donors (Lipinski definition) is 1. The van der Waals surface area contributed by atoms with Gasteiger partial charge in [-0.2, -0.15) is 0 Å². The van der Waals surface area contributed by atoms with E-state index in [1.165, 1.54) is 23.5 Å². The minimum absolute atomic E-state index is 0.0145. The van der Waals surface area contributed by atoms with E-state index < -0.39 is 4.92 Å². The van der Waals surface area contributed by atoms with E-state index in [0.717, 1.165) is 0 Å². The summed E-state index contributed by atoms with van der Waals surface area (Å²) >= 11 is 1.21. The highest BCUT2D eigenvalue weighted by molar-refractivity contribution is 7.18. The van der Waals surface area contributed by atoms with Crippen LogP contribution in [0.5, 0.6) is 0 Å². The average molecular weight is 288 g/mol. The highest BCUT2D eigenvalue weighted by Crippen LogP contribution is 2.31. The molecular weight excluding hydrogens is 280 g/mol. The minimum Gasteiger partial charge on any atom is -0.453 e. The first kappa shape index (κ1) is 12.3. The van der Waals surface area contributed by atoms with Crippen molar-refractivity contribution in [1.29, 1.82) is 0 Å². The second kappa shape index (κ2) is 4.74. The summed E-state index contributed by atoms with van der Waals surface area (Å²) in [5.41, 5.74) is 6.16. The van der Waals surface area contributed by atoms with Crippen molar-refractivity contribution in [2.75, 3.05) is 5.73 Å². The summed E-state index contributed by atoms with van der Waals surface area (Å²) in [6.45, 7) is 0. The maximum atomic E-state index is 10.8. The van der Waals surface area contributed by atoms with Gasteiger partial charge in [0.15, 0.2) is 10.8 Å². The third kappa shape index (κ3) is 2.24. The fourth-order valence-electron chi connectivity index (χ4n) is 1.71. The van der Waals surface area contributed by atoms with Crippen molar-refractivity contribution in [3.05, 3.63) is 46.5 Å². The molecule has 0 aliphatic carbocycles. The third-order valence-electron chi connectivity index (χ3n) is 2.60. The number of rotatable bonds is 3. The van der Waals surface area contributed by atoms with Crippen LogP contribution in [-0.2, 0) is 0 Å². The molecule has 2 heterocycles. The van der Waals surface area contributed by atoms with Gasteiger partial charge < -0.3 is 10.2 Å². The van der Waals surface area contributed by atoms with Gasteiger partial charge in [-0.1, -0.05) is 23.5 Å². The highest BCUT2D eigenvalue weighted by Gasteiger charge is 2.13. The van der Waals surface area contributed by atoms with Crippen LogP contribution in [0.15, 0.2) is 40.8 Å². The minimum atomic E-state index is -0.446. The van der Waals surface area contributed by atoms with Gasteiger partial charge in [0, 0.05) is 17.7 Å². The monoisotopic (exact) mass is 288 g/mol. The van der Waals surface area contributed by atoms with Gasteiger partial charge in [0.05, 0.1) is 4.92 Å². The molecule has 0 bridgehead atoms. The molecule has 100 valence electrons. The Labute approximate surface area is 116 Å². The summed E-state index contributed by atoms with van der Waals surface area (Å²) in [5.74, 6) is 1.05. The van der Waals surface area contributed by atoms with Crippen LogP contribution in [-0.4, -0.2) is 15.1 Å². The van der Waals surface area contributed by atoms with Crippen molar-refractivity contribution in [3.8, 4) is 22.1 Å². The molecule has 7 nitrogen and oxygen atoms in total. The highest BCUT2D eigenvalue weighted by atomic mass is 32.1. The van der Waals surface area contributed by atoms with Crippen LogP contribution in [0.4, 0.5) is 10.8 Å². The molecule has 0 spiro atoms. The molecule has 0 saturated heterocycles. The fourth-order valence-corrected chi connectivity index (χ4v) is 2.29. The zero-order valence-electron chi connectivity index (χ0n) is 10.0. The van der Waals surface area contributed by atoms with Crippen molar-refractivity contribution in [1.82, 2.24) is 10.2 Å². The van der Waals surface area contributed by atoms with Crippen LogP contribution in [0.3, 0.4) is 0 Å². The molecule has 0 aliphatic rings. The molecular formula is C12H8N4O3S. The Morgan fingerprint density at radius 1 is 1.20 bits per heavy atom. The molecule has 0 saturated carbocycles. The number of hydrogen-bond acceptors (Lipinski definition) is 7. The van der Waals surface area contributed by atoms with E-state index in [1.54, 1.807) is 24.3 Å². The predicted octanol–water partition coefficient (Wildman–Crippen LogP) is 2.96. The van der Waals surface area contributed by atoms with Crippen molar-refractivity contribution in [2.45, 2.75) is 0 Å². The number of nitrogens with zero attached hydrogens (tertiary/aromatic N) is 3. The number of anilines is 1. The first-order chi connectivity index (χ1) is 9.63. The van der Waals surface area contributed by atoms with Crippen LogP contribution in [0.25, 0.3) is 22.1 Å². The molecule has 0 unspecified atom stereocenters. The number of furan rings is 1. The van der Waals surface area contributed by atoms with Crippen LogP contribution in [0, 0.1) is 10.1 Å². The Kier molecular flexibility index (Phi) is 2.92. The number of aromatic nitrogens is 2. The van der Waals surface area contributed by atoms with Crippen LogP contribution < -0.4 is 5.73 Å². The molecule has 0 amide bonds. The van der Waals surface area contributed by atoms with E-state index in [4.69, 9.17) is 10.2 Å². The van der Waals surface area contributed by atoms with E-state index in [1.807, 2.05) is 0 Å². The lowest BCUT2D eigenvalue weighted by molar-refractivity contribution is -0.384. The summed E-state index contributed by atoms with van der Waals surface area (Å²) in [6.07, 6.45) is 0. The average Bonchev–Trinajstić information content (AvgIpc) is 3.07. The van der Waals surface area contributed by atoms with Crippen molar-refractivity contribution < 1.29 is 9.34 Å². The quantitative estimate of drug-likeness (QED) is 0.586. The van der Waals surface area contributed by atoms with Gasteiger partial charge >= 0.3 is 0 Å². The van der Waals surface area contributed by atoms with Crippen molar-refractivity contribution in [2.24, 2.45) is 0 Å². The SMILES string of the molecule is Nc1nnc(-c2ccc(-c3cccc([N+](=O)[O-])c3)o2)s1. The van der Waals surface area contributed by atoms with Crippen LogP contribution in [0.2, 0.25) is 0 Å². The van der Waals surface area contributed by atoms with E-state index in [-0.39, 0.29) is 5.69 Å². The molecule has 0 radical (unpaired) electrons. The fraction of sp³-hybridized carbons (Fsp3) is 0. The molecule has 3 aromatic rings. The molecule has 0 aliphatic heterocycles. The normalized spacial score (nSPS) is 10.6. The Bertz CT molecular complexity index is 780. The lowest BCUT2D eigenvalue weighted by Gasteiger charge is -1.96. The van der Waals surface area contributed by atoms with Gasteiger partial charge in [-0.05, 0) is 12.1 Å². The van der Waals surface area contributed by atoms with Gasteiger partial charge in [-0.15, -0.1) is 10.2 Å².